The number of fused-ring (bicyclic) bond motifs is 1. The number of anilines is 1. The largest absolute Gasteiger partial charge is 0.482 e. The molecule has 24 heavy (non-hydrogen) atoms. The highest BCUT2D eigenvalue weighted by molar-refractivity contribution is 5.99. The molecule has 2 heterocycles. The molecular formula is C17H20N2O5. The van der Waals surface area contributed by atoms with Crippen LogP contribution < -0.4 is 10.1 Å². The molecule has 1 fully saturated rings. The monoisotopic (exact) mass is 332 g/mol. The molecule has 128 valence electrons. The van der Waals surface area contributed by atoms with Crippen molar-refractivity contribution in [1.29, 1.82) is 0 Å². The van der Waals surface area contributed by atoms with Gasteiger partial charge in [-0.2, -0.15) is 0 Å². The standard InChI is InChI=1S/C17H20N2O5/c1-2-23-17(22)12-4-3-7-19(9-12)16(21)11-5-6-13-14(8-11)24-10-15(20)18-13/h5-6,8,12H,2-4,7,9-10H2,1H3,(H,18,20). The molecule has 0 radical (unpaired) electrons. The number of benzene rings is 1. The fourth-order valence-electron chi connectivity index (χ4n) is 3.00. The van der Waals surface area contributed by atoms with Crippen LogP contribution in [0.3, 0.4) is 0 Å². The zero-order valence-electron chi connectivity index (χ0n) is 13.5. The molecule has 3 rings (SSSR count). The highest BCUT2D eigenvalue weighted by atomic mass is 16.5. The van der Waals surface area contributed by atoms with Crippen molar-refractivity contribution in [3.8, 4) is 5.75 Å². The number of carbonyl (C=O) groups excluding carboxylic acids is 3. The van der Waals surface area contributed by atoms with Crippen LogP contribution in [0.15, 0.2) is 18.2 Å². The number of carbonyl (C=O) groups is 3. The molecule has 0 aliphatic carbocycles. The summed E-state index contributed by atoms with van der Waals surface area (Å²) in [5, 5.41) is 2.69. The van der Waals surface area contributed by atoms with E-state index in [4.69, 9.17) is 9.47 Å². The number of amides is 2. The van der Waals surface area contributed by atoms with E-state index in [0.29, 0.717) is 36.7 Å². The van der Waals surface area contributed by atoms with Gasteiger partial charge in [0, 0.05) is 18.7 Å². The fourth-order valence-corrected chi connectivity index (χ4v) is 3.00. The number of hydrogen-bond donors (Lipinski definition) is 1. The number of nitrogens with one attached hydrogen (secondary N) is 1. The number of hydrogen-bond acceptors (Lipinski definition) is 5. The van der Waals surface area contributed by atoms with Crippen LogP contribution in [-0.4, -0.2) is 49.0 Å². The van der Waals surface area contributed by atoms with Crippen molar-refractivity contribution in [3.05, 3.63) is 23.8 Å². The molecule has 2 aliphatic rings. The Morgan fingerprint density at radius 1 is 1.42 bits per heavy atom. The lowest BCUT2D eigenvalue weighted by atomic mass is 9.97. The zero-order chi connectivity index (χ0) is 17.1. The summed E-state index contributed by atoms with van der Waals surface area (Å²) in [5.74, 6) is -0.385. The molecule has 1 aromatic rings. The smallest absolute Gasteiger partial charge is 0.310 e. The highest BCUT2D eigenvalue weighted by Crippen LogP contribution is 2.29. The van der Waals surface area contributed by atoms with E-state index in [0.717, 1.165) is 12.8 Å². The summed E-state index contributed by atoms with van der Waals surface area (Å²) in [6, 6.07) is 4.95. The quantitative estimate of drug-likeness (QED) is 0.847. The number of rotatable bonds is 3. The van der Waals surface area contributed by atoms with Crippen molar-refractivity contribution in [2.75, 3.05) is 31.6 Å². The molecule has 0 saturated carbocycles. The van der Waals surface area contributed by atoms with Crippen molar-refractivity contribution in [3.63, 3.8) is 0 Å². The minimum Gasteiger partial charge on any atom is -0.482 e. The second-order valence-corrected chi connectivity index (χ2v) is 5.89. The molecule has 7 nitrogen and oxygen atoms in total. The third-order valence-electron chi connectivity index (χ3n) is 4.19. The molecule has 7 heteroatoms. The Balaban J connectivity index is 1.72. The Hall–Kier alpha value is -2.57. The minimum absolute atomic E-state index is 0.0563. The maximum Gasteiger partial charge on any atom is 0.310 e. The van der Waals surface area contributed by atoms with E-state index in [1.807, 2.05) is 0 Å². The first-order valence-electron chi connectivity index (χ1n) is 8.11. The number of nitrogens with zero attached hydrogens (tertiary/aromatic N) is 1. The Morgan fingerprint density at radius 3 is 3.04 bits per heavy atom. The summed E-state index contributed by atoms with van der Waals surface area (Å²) < 4.78 is 10.4. The number of likely N-dealkylation sites (tertiary alicyclic amines) is 1. The van der Waals surface area contributed by atoms with E-state index in [-0.39, 0.29) is 30.3 Å². The van der Waals surface area contributed by atoms with Gasteiger partial charge in [-0.05, 0) is 38.0 Å². The Morgan fingerprint density at radius 2 is 2.25 bits per heavy atom. The average Bonchev–Trinajstić information content (AvgIpc) is 2.61. The molecule has 2 aliphatic heterocycles. The van der Waals surface area contributed by atoms with Gasteiger partial charge in [0.15, 0.2) is 6.61 Å². The summed E-state index contributed by atoms with van der Waals surface area (Å²) in [5.41, 5.74) is 1.04. The van der Waals surface area contributed by atoms with Gasteiger partial charge in [0.1, 0.15) is 5.75 Å². The van der Waals surface area contributed by atoms with Crippen molar-refractivity contribution < 1.29 is 23.9 Å². The molecule has 1 N–H and O–H groups in total. The normalized spacial score (nSPS) is 19.8. The van der Waals surface area contributed by atoms with Crippen LogP contribution in [0.4, 0.5) is 5.69 Å². The zero-order valence-corrected chi connectivity index (χ0v) is 13.5. The van der Waals surface area contributed by atoms with Crippen molar-refractivity contribution in [2.24, 2.45) is 5.92 Å². The molecule has 1 saturated heterocycles. The van der Waals surface area contributed by atoms with Gasteiger partial charge in [0.25, 0.3) is 11.8 Å². The minimum atomic E-state index is -0.268. The van der Waals surface area contributed by atoms with Crippen LogP contribution in [0, 0.1) is 5.92 Å². The van der Waals surface area contributed by atoms with Gasteiger partial charge in [-0.3, -0.25) is 14.4 Å². The lowest BCUT2D eigenvalue weighted by Crippen LogP contribution is -2.42. The van der Waals surface area contributed by atoms with E-state index >= 15 is 0 Å². The second kappa shape index (κ2) is 6.90. The summed E-state index contributed by atoms with van der Waals surface area (Å²) in [4.78, 5) is 37.6. The van der Waals surface area contributed by atoms with Crippen LogP contribution >= 0.6 is 0 Å². The lowest BCUT2D eigenvalue weighted by Gasteiger charge is -2.31. The van der Waals surface area contributed by atoms with Gasteiger partial charge >= 0.3 is 5.97 Å². The lowest BCUT2D eigenvalue weighted by molar-refractivity contribution is -0.149. The van der Waals surface area contributed by atoms with Gasteiger partial charge in [-0.1, -0.05) is 0 Å². The van der Waals surface area contributed by atoms with Crippen LogP contribution in [0.25, 0.3) is 0 Å². The third kappa shape index (κ3) is 3.34. The van der Waals surface area contributed by atoms with Gasteiger partial charge in [-0.25, -0.2) is 0 Å². The van der Waals surface area contributed by atoms with Crippen LogP contribution in [0.5, 0.6) is 5.75 Å². The molecule has 1 aromatic carbocycles. The average molecular weight is 332 g/mol. The van der Waals surface area contributed by atoms with Crippen molar-refractivity contribution in [1.82, 2.24) is 4.90 Å². The maximum atomic E-state index is 12.7. The number of piperidine rings is 1. The van der Waals surface area contributed by atoms with Crippen LogP contribution in [0.1, 0.15) is 30.1 Å². The van der Waals surface area contributed by atoms with E-state index in [1.54, 1.807) is 30.0 Å². The first-order chi connectivity index (χ1) is 11.6. The molecule has 1 unspecified atom stereocenters. The Labute approximate surface area is 139 Å². The molecule has 0 spiro atoms. The number of esters is 1. The summed E-state index contributed by atoms with van der Waals surface area (Å²) >= 11 is 0. The molecule has 0 bridgehead atoms. The SMILES string of the molecule is CCOC(=O)C1CCCN(C(=O)c2ccc3c(c2)OCC(=O)N3)C1. The van der Waals surface area contributed by atoms with Crippen LogP contribution in [0.2, 0.25) is 0 Å². The molecule has 1 atom stereocenters. The number of ether oxygens (including phenoxy) is 2. The van der Waals surface area contributed by atoms with Gasteiger partial charge in [-0.15, -0.1) is 0 Å². The summed E-state index contributed by atoms with van der Waals surface area (Å²) in [6.07, 6.45) is 1.51. The molecule has 2 amide bonds. The Bertz CT molecular complexity index is 673. The van der Waals surface area contributed by atoms with Crippen molar-refractivity contribution in [2.45, 2.75) is 19.8 Å². The van der Waals surface area contributed by atoms with Gasteiger partial charge in [0.2, 0.25) is 0 Å². The highest BCUT2D eigenvalue weighted by Gasteiger charge is 2.30. The second-order valence-electron chi connectivity index (χ2n) is 5.89. The molecule has 0 aromatic heterocycles. The van der Waals surface area contributed by atoms with E-state index in [1.165, 1.54) is 0 Å². The predicted molar refractivity (Wildman–Crippen MR) is 85.8 cm³/mol. The molecular weight excluding hydrogens is 312 g/mol. The predicted octanol–water partition coefficient (Wildman–Crippen LogP) is 1.43. The fraction of sp³-hybridized carbons (Fsp3) is 0.471. The van der Waals surface area contributed by atoms with E-state index < -0.39 is 0 Å². The Kier molecular flexibility index (Phi) is 4.69. The van der Waals surface area contributed by atoms with Gasteiger partial charge in [0.05, 0.1) is 18.2 Å². The maximum absolute atomic E-state index is 12.7. The van der Waals surface area contributed by atoms with Crippen molar-refractivity contribution >= 4 is 23.5 Å². The first kappa shape index (κ1) is 16.3. The topological polar surface area (TPSA) is 84.9 Å². The first-order valence-corrected chi connectivity index (χ1v) is 8.11. The van der Waals surface area contributed by atoms with E-state index in [9.17, 15) is 14.4 Å². The summed E-state index contributed by atoms with van der Waals surface area (Å²) in [6.45, 7) is 3.04. The van der Waals surface area contributed by atoms with Crippen LogP contribution in [-0.2, 0) is 14.3 Å². The summed E-state index contributed by atoms with van der Waals surface area (Å²) in [7, 11) is 0. The van der Waals surface area contributed by atoms with E-state index in [2.05, 4.69) is 5.32 Å². The third-order valence-corrected chi connectivity index (χ3v) is 4.19. The van der Waals surface area contributed by atoms with Gasteiger partial charge < -0.3 is 19.7 Å².